The highest BCUT2D eigenvalue weighted by molar-refractivity contribution is 8.00. The third-order valence-electron chi connectivity index (χ3n) is 6.46. The number of rotatable bonds is 5. The average molecular weight is 466 g/mol. The molecule has 2 aromatic rings. The number of piperidine rings is 1. The van der Waals surface area contributed by atoms with E-state index in [1.165, 1.54) is 0 Å². The largest absolute Gasteiger partial charge is 0.356 e. The number of nitrogens with zero attached hydrogens (tertiary/aromatic N) is 3. The van der Waals surface area contributed by atoms with Gasteiger partial charge in [-0.25, -0.2) is 0 Å². The summed E-state index contributed by atoms with van der Waals surface area (Å²) in [6.45, 7) is 5.78. The number of amides is 1. The fraction of sp³-hybridized carbons (Fsp3) is 0.385. The van der Waals surface area contributed by atoms with Gasteiger partial charge in [-0.3, -0.25) is 4.79 Å². The van der Waals surface area contributed by atoms with Gasteiger partial charge in [-0.05, 0) is 37.3 Å². The fourth-order valence-electron chi connectivity index (χ4n) is 4.65. The van der Waals surface area contributed by atoms with Crippen molar-refractivity contribution in [1.29, 1.82) is 0 Å². The predicted octanol–water partition coefficient (Wildman–Crippen LogP) is 4.23. The monoisotopic (exact) mass is 465 g/mol. The first-order valence-corrected chi connectivity index (χ1v) is 12.9. The van der Waals surface area contributed by atoms with Crippen LogP contribution in [-0.2, 0) is 21.4 Å². The highest BCUT2D eigenvalue weighted by Crippen LogP contribution is 2.36. The Kier molecular flexibility index (Phi) is 6.70. The van der Waals surface area contributed by atoms with Gasteiger partial charge in [0.1, 0.15) is 10.7 Å². The van der Waals surface area contributed by atoms with Gasteiger partial charge in [0, 0.05) is 38.2 Å². The van der Waals surface area contributed by atoms with E-state index < -0.39 is 10.0 Å². The number of aryl methyl sites for hydroxylation is 1. The zero-order valence-electron chi connectivity index (χ0n) is 19.5. The van der Waals surface area contributed by atoms with Crippen LogP contribution >= 0.6 is 0 Å². The van der Waals surface area contributed by atoms with Crippen LogP contribution in [0.4, 0.5) is 0 Å². The van der Waals surface area contributed by atoms with Gasteiger partial charge in [-0.2, -0.15) is 8.42 Å². The van der Waals surface area contributed by atoms with Crippen molar-refractivity contribution < 1.29 is 13.2 Å². The molecular formula is C26H31N3O3S. The van der Waals surface area contributed by atoms with E-state index in [0.717, 1.165) is 16.7 Å². The molecule has 0 aromatic heterocycles. The first-order valence-electron chi connectivity index (χ1n) is 11.5. The Balaban J connectivity index is 1.47. The summed E-state index contributed by atoms with van der Waals surface area (Å²) in [5, 5.41) is 0. The molecule has 0 aliphatic carbocycles. The van der Waals surface area contributed by atoms with Crippen molar-refractivity contribution >= 4 is 26.7 Å². The van der Waals surface area contributed by atoms with Crippen molar-refractivity contribution in [2.75, 3.05) is 20.1 Å². The number of amidine groups is 1. The number of sulfonamides is 1. The Hall–Kier alpha value is -2.93. The molecule has 1 saturated heterocycles. The second-order valence-electron chi connectivity index (χ2n) is 8.86. The standard InChI is InChI=1S/C26H31N3O3S/c1-4-23-24(21-12-10-19(2)11-13-21)33(31,32)27-25(23)29-16-14-22(15-17-29)26(30)28(3)18-20-8-6-5-7-9-20/h5-13,22H,4,14-18H2,1-3H3. The van der Waals surface area contributed by atoms with E-state index >= 15 is 0 Å². The molecule has 7 heteroatoms. The maximum absolute atomic E-state index is 13.0. The van der Waals surface area contributed by atoms with Crippen molar-refractivity contribution in [1.82, 2.24) is 9.80 Å². The third-order valence-corrected chi connectivity index (χ3v) is 7.87. The van der Waals surface area contributed by atoms with E-state index in [1.54, 1.807) is 4.90 Å². The van der Waals surface area contributed by atoms with Gasteiger partial charge in [0.05, 0.1) is 0 Å². The Morgan fingerprint density at radius 2 is 1.70 bits per heavy atom. The predicted molar refractivity (Wildman–Crippen MR) is 132 cm³/mol. The Morgan fingerprint density at radius 1 is 1.06 bits per heavy atom. The molecule has 2 aromatic carbocycles. The molecule has 0 N–H and O–H groups in total. The molecular weight excluding hydrogens is 434 g/mol. The minimum Gasteiger partial charge on any atom is -0.356 e. The number of carbonyl (C=O) groups is 1. The van der Waals surface area contributed by atoms with Gasteiger partial charge in [-0.15, -0.1) is 4.40 Å². The normalized spacial score (nSPS) is 18.4. The van der Waals surface area contributed by atoms with Crippen LogP contribution in [0.2, 0.25) is 0 Å². The summed E-state index contributed by atoms with van der Waals surface area (Å²) in [6.07, 6.45) is 1.96. The summed E-state index contributed by atoms with van der Waals surface area (Å²) in [6, 6.07) is 17.5. The third kappa shape index (κ3) is 4.88. The van der Waals surface area contributed by atoms with Gasteiger partial charge in [0.15, 0.2) is 0 Å². The molecule has 174 valence electrons. The second kappa shape index (κ2) is 9.51. The second-order valence-corrected chi connectivity index (χ2v) is 10.4. The van der Waals surface area contributed by atoms with E-state index in [-0.39, 0.29) is 11.8 Å². The summed E-state index contributed by atoms with van der Waals surface area (Å²) >= 11 is 0. The van der Waals surface area contributed by atoms with E-state index in [2.05, 4.69) is 4.40 Å². The molecule has 6 nitrogen and oxygen atoms in total. The molecule has 33 heavy (non-hydrogen) atoms. The quantitative estimate of drug-likeness (QED) is 0.663. The lowest BCUT2D eigenvalue weighted by Crippen LogP contribution is -2.43. The topological polar surface area (TPSA) is 70.0 Å². The van der Waals surface area contributed by atoms with Crippen molar-refractivity contribution in [3.63, 3.8) is 0 Å². The summed E-state index contributed by atoms with van der Waals surface area (Å²) in [5.41, 5.74) is 3.64. The zero-order valence-corrected chi connectivity index (χ0v) is 20.3. The van der Waals surface area contributed by atoms with Crippen LogP contribution in [0.3, 0.4) is 0 Å². The van der Waals surface area contributed by atoms with Crippen LogP contribution in [0.5, 0.6) is 0 Å². The summed E-state index contributed by atoms with van der Waals surface area (Å²) in [4.78, 5) is 17.1. The number of hydrogen-bond donors (Lipinski definition) is 0. The smallest absolute Gasteiger partial charge is 0.285 e. The molecule has 2 aliphatic heterocycles. The van der Waals surface area contributed by atoms with Gasteiger partial charge in [-0.1, -0.05) is 67.1 Å². The van der Waals surface area contributed by atoms with Crippen LogP contribution in [0, 0.1) is 12.8 Å². The molecule has 1 amide bonds. The lowest BCUT2D eigenvalue weighted by atomic mass is 9.94. The summed E-state index contributed by atoms with van der Waals surface area (Å²) in [5.74, 6) is 0.641. The molecule has 1 fully saturated rings. The van der Waals surface area contributed by atoms with E-state index in [0.29, 0.717) is 55.2 Å². The van der Waals surface area contributed by atoms with E-state index in [4.69, 9.17) is 0 Å². The molecule has 2 heterocycles. The van der Waals surface area contributed by atoms with Crippen LogP contribution in [0.15, 0.2) is 64.6 Å². The minimum absolute atomic E-state index is 0.0563. The average Bonchev–Trinajstić information content (AvgIpc) is 3.10. The summed E-state index contributed by atoms with van der Waals surface area (Å²) in [7, 11) is -1.89. The number of likely N-dealkylation sites (tertiary alicyclic amines) is 1. The van der Waals surface area contributed by atoms with E-state index in [9.17, 15) is 13.2 Å². The van der Waals surface area contributed by atoms with Gasteiger partial charge in [0.25, 0.3) is 10.0 Å². The molecule has 0 saturated carbocycles. The van der Waals surface area contributed by atoms with Crippen LogP contribution in [-0.4, -0.2) is 50.1 Å². The first kappa shape index (κ1) is 23.2. The van der Waals surface area contributed by atoms with Gasteiger partial charge >= 0.3 is 0 Å². The molecule has 0 radical (unpaired) electrons. The Labute approximate surface area is 196 Å². The van der Waals surface area contributed by atoms with Crippen LogP contribution in [0.25, 0.3) is 4.91 Å². The fourth-order valence-corrected chi connectivity index (χ4v) is 6.18. The first-order chi connectivity index (χ1) is 15.8. The van der Waals surface area contributed by atoms with E-state index in [1.807, 2.05) is 80.4 Å². The SMILES string of the molecule is CCC1=C(c2ccc(C)cc2)S(=O)(=O)N=C1N1CCC(C(=O)N(C)Cc2ccccc2)CC1. The van der Waals surface area contributed by atoms with Crippen molar-refractivity contribution in [2.24, 2.45) is 10.3 Å². The maximum Gasteiger partial charge on any atom is 0.285 e. The highest BCUT2D eigenvalue weighted by Gasteiger charge is 2.37. The number of carbonyl (C=O) groups excluding carboxylic acids is 1. The lowest BCUT2D eigenvalue weighted by Gasteiger charge is -2.34. The summed E-state index contributed by atoms with van der Waals surface area (Å²) < 4.78 is 30.1. The molecule has 0 atom stereocenters. The van der Waals surface area contributed by atoms with Crippen LogP contribution < -0.4 is 0 Å². The van der Waals surface area contributed by atoms with Gasteiger partial charge in [0.2, 0.25) is 5.91 Å². The Bertz CT molecular complexity index is 1180. The number of hydrogen-bond acceptors (Lipinski definition) is 4. The zero-order chi connectivity index (χ0) is 23.6. The van der Waals surface area contributed by atoms with Crippen molar-refractivity contribution in [2.45, 2.75) is 39.7 Å². The lowest BCUT2D eigenvalue weighted by molar-refractivity contribution is -0.136. The van der Waals surface area contributed by atoms with Crippen molar-refractivity contribution in [3.05, 3.63) is 76.9 Å². The molecule has 0 spiro atoms. The maximum atomic E-state index is 13.0. The Morgan fingerprint density at radius 3 is 2.30 bits per heavy atom. The van der Waals surface area contributed by atoms with Gasteiger partial charge < -0.3 is 9.80 Å². The van der Waals surface area contributed by atoms with Crippen LogP contribution in [0.1, 0.15) is 42.9 Å². The number of benzene rings is 2. The minimum atomic E-state index is -3.74. The molecule has 0 unspecified atom stereocenters. The molecule has 4 rings (SSSR count). The highest BCUT2D eigenvalue weighted by atomic mass is 32.2. The molecule has 2 aliphatic rings. The van der Waals surface area contributed by atoms with Crippen molar-refractivity contribution in [3.8, 4) is 0 Å². The molecule has 0 bridgehead atoms.